The molecule has 0 saturated heterocycles. The molecule has 1 heterocycles. The van der Waals surface area contributed by atoms with Crippen LogP contribution in [0, 0.1) is 0 Å². The van der Waals surface area contributed by atoms with Crippen molar-refractivity contribution in [3.05, 3.63) is 21.9 Å². The number of nitrogens with zero attached hydrogens (tertiary/aromatic N) is 1. The van der Waals surface area contributed by atoms with Crippen molar-refractivity contribution in [3.63, 3.8) is 0 Å². The first-order valence-corrected chi connectivity index (χ1v) is 5.92. The third-order valence-electron chi connectivity index (χ3n) is 1.85. The smallest absolute Gasteiger partial charge is 0.224 e. The number of nitrogens with one attached hydrogen (secondary N) is 1. The molecule has 0 aliphatic carbocycles. The minimum Gasteiger partial charge on any atom is -0.323 e. The topological polar surface area (TPSA) is 42.0 Å². The van der Waals surface area contributed by atoms with Crippen LogP contribution >= 0.6 is 27.5 Å². The first-order valence-electron chi connectivity index (χ1n) is 4.75. The molecule has 0 radical (unpaired) electrons. The quantitative estimate of drug-likeness (QED) is 0.861. The van der Waals surface area contributed by atoms with E-state index in [2.05, 4.69) is 26.2 Å². The predicted octanol–water partition coefficient (Wildman–Crippen LogP) is 3.63. The first-order chi connectivity index (χ1) is 7.13. The van der Waals surface area contributed by atoms with Crippen LogP contribution in [0.15, 0.2) is 16.7 Å². The Hall–Kier alpha value is -0.610. The van der Waals surface area contributed by atoms with Crippen molar-refractivity contribution >= 4 is 39.1 Å². The summed E-state index contributed by atoms with van der Waals surface area (Å²) in [5.74, 6) is -0.0251. The molecule has 0 aliphatic rings. The minimum atomic E-state index is -0.0251. The van der Waals surface area contributed by atoms with E-state index in [0.29, 0.717) is 21.9 Å². The van der Waals surface area contributed by atoms with Gasteiger partial charge in [0.1, 0.15) is 4.60 Å². The number of hydrogen-bond donors (Lipinski definition) is 1. The molecule has 15 heavy (non-hydrogen) atoms. The summed E-state index contributed by atoms with van der Waals surface area (Å²) >= 11 is 9.05. The minimum absolute atomic E-state index is 0.0251. The number of unbranched alkanes of at least 4 members (excludes halogenated alkanes) is 1. The molecular formula is C10H12BrClN2O. The molecule has 1 N–H and O–H groups in total. The Kier molecular flexibility index (Phi) is 5.05. The summed E-state index contributed by atoms with van der Waals surface area (Å²) < 4.78 is 0.652. The lowest BCUT2D eigenvalue weighted by molar-refractivity contribution is -0.116. The monoisotopic (exact) mass is 290 g/mol. The molecule has 0 aromatic carbocycles. The van der Waals surface area contributed by atoms with Gasteiger partial charge >= 0.3 is 0 Å². The lowest BCUT2D eigenvalue weighted by atomic mass is 10.2. The van der Waals surface area contributed by atoms with Crippen LogP contribution in [-0.2, 0) is 4.79 Å². The molecule has 0 spiro atoms. The highest BCUT2D eigenvalue weighted by Gasteiger charge is 2.06. The summed E-state index contributed by atoms with van der Waals surface area (Å²) in [6.07, 6.45) is 2.40. The van der Waals surface area contributed by atoms with Crippen LogP contribution in [0.1, 0.15) is 26.2 Å². The number of aromatic nitrogens is 1. The second-order valence-corrected chi connectivity index (χ2v) is 4.29. The lowest BCUT2D eigenvalue weighted by Gasteiger charge is -2.06. The van der Waals surface area contributed by atoms with Gasteiger partial charge in [0.25, 0.3) is 0 Å². The number of carbonyl (C=O) groups is 1. The number of hydrogen-bond acceptors (Lipinski definition) is 2. The maximum Gasteiger partial charge on any atom is 0.224 e. The van der Waals surface area contributed by atoms with Gasteiger partial charge < -0.3 is 5.32 Å². The van der Waals surface area contributed by atoms with E-state index >= 15 is 0 Å². The van der Waals surface area contributed by atoms with Crippen LogP contribution < -0.4 is 5.32 Å². The fourth-order valence-electron chi connectivity index (χ4n) is 1.06. The van der Waals surface area contributed by atoms with Crippen molar-refractivity contribution in [1.29, 1.82) is 0 Å². The maximum atomic E-state index is 11.4. The number of amides is 1. The molecule has 82 valence electrons. The Balaban J connectivity index is 2.60. The fourth-order valence-corrected chi connectivity index (χ4v) is 1.67. The average molecular weight is 292 g/mol. The van der Waals surface area contributed by atoms with Gasteiger partial charge in [0.15, 0.2) is 5.15 Å². The van der Waals surface area contributed by atoms with Crippen molar-refractivity contribution in [2.45, 2.75) is 26.2 Å². The van der Waals surface area contributed by atoms with E-state index in [1.54, 1.807) is 12.1 Å². The third-order valence-corrected chi connectivity index (χ3v) is 2.58. The van der Waals surface area contributed by atoms with Gasteiger partial charge in [0.2, 0.25) is 5.91 Å². The second kappa shape index (κ2) is 6.08. The van der Waals surface area contributed by atoms with E-state index in [1.165, 1.54) is 0 Å². The Morgan fingerprint density at radius 2 is 2.33 bits per heavy atom. The van der Waals surface area contributed by atoms with Gasteiger partial charge in [0.05, 0.1) is 5.69 Å². The number of halogens is 2. The Morgan fingerprint density at radius 1 is 1.60 bits per heavy atom. The van der Waals surface area contributed by atoms with Crippen molar-refractivity contribution in [1.82, 2.24) is 4.98 Å². The number of carbonyl (C=O) groups excluding carboxylic acids is 1. The number of rotatable bonds is 4. The van der Waals surface area contributed by atoms with Crippen LogP contribution in [0.25, 0.3) is 0 Å². The highest BCUT2D eigenvalue weighted by atomic mass is 79.9. The first kappa shape index (κ1) is 12.5. The summed E-state index contributed by atoms with van der Waals surface area (Å²) in [5.41, 5.74) is 0.556. The molecule has 1 aromatic heterocycles. The summed E-state index contributed by atoms with van der Waals surface area (Å²) in [7, 11) is 0. The average Bonchev–Trinajstić information content (AvgIpc) is 2.19. The Morgan fingerprint density at radius 3 is 2.93 bits per heavy atom. The zero-order valence-corrected chi connectivity index (χ0v) is 10.7. The summed E-state index contributed by atoms with van der Waals surface area (Å²) in [6.45, 7) is 2.04. The van der Waals surface area contributed by atoms with E-state index in [0.717, 1.165) is 12.8 Å². The lowest BCUT2D eigenvalue weighted by Crippen LogP contribution is -2.11. The molecule has 0 aliphatic heterocycles. The SMILES string of the molecule is CCCCC(=O)Nc1ccc(Br)nc1Cl. The summed E-state index contributed by atoms with van der Waals surface area (Å²) in [5, 5.41) is 3.02. The summed E-state index contributed by atoms with van der Waals surface area (Å²) in [6, 6.07) is 3.46. The normalized spacial score (nSPS) is 10.1. The second-order valence-electron chi connectivity index (χ2n) is 3.12. The van der Waals surface area contributed by atoms with Crippen molar-refractivity contribution in [2.75, 3.05) is 5.32 Å². The van der Waals surface area contributed by atoms with Gasteiger partial charge in [-0.05, 0) is 34.5 Å². The number of pyridine rings is 1. The molecule has 0 unspecified atom stereocenters. The predicted molar refractivity (Wildman–Crippen MR) is 65.1 cm³/mol. The van der Waals surface area contributed by atoms with E-state index < -0.39 is 0 Å². The van der Waals surface area contributed by atoms with Gasteiger partial charge in [0, 0.05) is 6.42 Å². The Labute approximate surface area is 102 Å². The highest BCUT2D eigenvalue weighted by Crippen LogP contribution is 2.21. The molecule has 0 atom stereocenters. The van der Waals surface area contributed by atoms with E-state index in [-0.39, 0.29) is 5.91 Å². The van der Waals surface area contributed by atoms with Crippen LogP contribution in [-0.4, -0.2) is 10.9 Å². The van der Waals surface area contributed by atoms with E-state index in [1.807, 2.05) is 6.92 Å². The van der Waals surface area contributed by atoms with Crippen molar-refractivity contribution in [3.8, 4) is 0 Å². The summed E-state index contributed by atoms with van der Waals surface area (Å²) in [4.78, 5) is 15.4. The molecule has 0 fully saturated rings. The van der Waals surface area contributed by atoms with Crippen LogP contribution in [0.3, 0.4) is 0 Å². The van der Waals surface area contributed by atoms with E-state index in [9.17, 15) is 4.79 Å². The van der Waals surface area contributed by atoms with Crippen LogP contribution in [0.2, 0.25) is 5.15 Å². The van der Waals surface area contributed by atoms with Crippen LogP contribution in [0.4, 0.5) is 5.69 Å². The Bertz CT molecular complexity index is 357. The molecular weight excluding hydrogens is 279 g/mol. The van der Waals surface area contributed by atoms with E-state index in [4.69, 9.17) is 11.6 Å². The zero-order chi connectivity index (χ0) is 11.3. The standard InChI is InChI=1S/C10H12BrClN2O/c1-2-3-4-9(15)13-7-5-6-8(11)14-10(7)12/h5-6H,2-4H2,1H3,(H,13,15). The van der Waals surface area contributed by atoms with Gasteiger partial charge in [-0.2, -0.15) is 0 Å². The maximum absolute atomic E-state index is 11.4. The third kappa shape index (κ3) is 4.18. The van der Waals surface area contributed by atoms with Crippen LogP contribution in [0.5, 0.6) is 0 Å². The largest absolute Gasteiger partial charge is 0.323 e. The molecule has 0 bridgehead atoms. The molecule has 0 saturated carbocycles. The molecule has 5 heteroatoms. The van der Waals surface area contributed by atoms with Gasteiger partial charge in [-0.15, -0.1) is 0 Å². The fraction of sp³-hybridized carbons (Fsp3) is 0.400. The zero-order valence-electron chi connectivity index (χ0n) is 8.39. The molecule has 1 rings (SSSR count). The van der Waals surface area contributed by atoms with Gasteiger partial charge in [-0.25, -0.2) is 4.98 Å². The molecule has 1 aromatic rings. The highest BCUT2D eigenvalue weighted by molar-refractivity contribution is 9.10. The molecule has 1 amide bonds. The van der Waals surface area contributed by atoms with Crippen molar-refractivity contribution in [2.24, 2.45) is 0 Å². The van der Waals surface area contributed by atoms with Gasteiger partial charge in [-0.1, -0.05) is 24.9 Å². The molecule has 3 nitrogen and oxygen atoms in total. The number of anilines is 1. The van der Waals surface area contributed by atoms with Crippen molar-refractivity contribution < 1.29 is 4.79 Å². The van der Waals surface area contributed by atoms with Gasteiger partial charge in [-0.3, -0.25) is 4.79 Å².